The highest BCUT2D eigenvalue weighted by Gasteiger charge is 2.44. The highest BCUT2D eigenvalue weighted by Crippen LogP contribution is 2.52. The maximum Gasteiger partial charge on any atom is 0.261 e. The number of hydrogen-bond acceptors (Lipinski definition) is 12. The van der Waals surface area contributed by atoms with E-state index in [0.29, 0.717) is 78.9 Å². The minimum atomic E-state index is -1.17. The molecule has 0 fully saturated rings. The van der Waals surface area contributed by atoms with Crippen molar-refractivity contribution in [1.82, 2.24) is 9.80 Å². The second-order valence-electron chi connectivity index (χ2n) is 24.6. The molecule has 14 nitrogen and oxygen atoms in total. The van der Waals surface area contributed by atoms with Crippen molar-refractivity contribution < 1.29 is 28.7 Å². The van der Waals surface area contributed by atoms with Gasteiger partial charge in [-0.1, -0.05) is 163 Å². The van der Waals surface area contributed by atoms with Gasteiger partial charge in [-0.05, 0) is 136 Å². The molecule has 4 aliphatic heterocycles. The van der Waals surface area contributed by atoms with Crippen LogP contribution in [0, 0.1) is 73.9 Å². The molecule has 7 aromatic carbocycles. The summed E-state index contributed by atoms with van der Waals surface area (Å²) in [6, 6.07) is 38.7. The van der Waals surface area contributed by atoms with Crippen LogP contribution in [0.4, 0.5) is 0 Å². The normalized spacial score (nSPS) is 16.7. The number of hydrogen-bond donors (Lipinski definition) is 0. The summed E-state index contributed by atoms with van der Waals surface area (Å²) < 4.78 is 12.2. The van der Waals surface area contributed by atoms with Crippen LogP contribution in [-0.2, 0) is 9.47 Å². The van der Waals surface area contributed by atoms with Crippen molar-refractivity contribution in [2.45, 2.75) is 136 Å². The molecule has 0 saturated heterocycles. The van der Waals surface area contributed by atoms with Crippen LogP contribution in [0.25, 0.3) is 77.5 Å². The van der Waals surface area contributed by atoms with Gasteiger partial charge >= 0.3 is 0 Å². The molecule has 0 bridgehead atoms. The minimum Gasteiger partial charge on any atom is -0.480 e. The lowest BCUT2D eigenvalue weighted by Gasteiger charge is -2.32. The third-order valence-electron chi connectivity index (χ3n) is 18.2. The van der Waals surface area contributed by atoms with Crippen LogP contribution in [-0.4, -0.2) is 63.8 Å². The van der Waals surface area contributed by atoms with Gasteiger partial charge in [0.1, 0.15) is 35.5 Å². The Labute approximate surface area is 524 Å². The Morgan fingerprint density at radius 1 is 0.489 bits per heavy atom. The van der Waals surface area contributed by atoms with Crippen molar-refractivity contribution >= 4 is 78.9 Å². The summed E-state index contributed by atoms with van der Waals surface area (Å²) in [5, 5.41) is 64.7. The summed E-state index contributed by atoms with van der Waals surface area (Å²) in [6.07, 6.45) is 17.8. The number of fused-ring (bicyclic) bond motifs is 2. The highest BCUT2D eigenvalue weighted by molar-refractivity contribution is 6.44. The zero-order valence-corrected chi connectivity index (χ0v) is 51.5. The van der Waals surface area contributed by atoms with E-state index in [1.165, 1.54) is 9.80 Å². The van der Waals surface area contributed by atoms with Crippen molar-refractivity contribution in [1.29, 1.82) is 31.6 Å². The predicted octanol–water partition coefficient (Wildman–Crippen LogP) is 16.6. The Morgan fingerprint density at radius 2 is 0.922 bits per heavy atom. The molecule has 11 rings (SSSR count). The van der Waals surface area contributed by atoms with Gasteiger partial charge in [-0.3, -0.25) is 29.0 Å². The summed E-state index contributed by atoms with van der Waals surface area (Å²) >= 11 is 0. The molecular formula is C76H66N8O6. The first kappa shape index (κ1) is 61.2. The number of carbonyl (C=O) groups excluding carboxylic acids is 4. The predicted molar refractivity (Wildman–Crippen MR) is 346 cm³/mol. The van der Waals surface area contributed by atoms with Crippen molar-refractivity contribution in [3.8, 4) is 58.7 Å². The molecule has 1 unspecified atom stereocenters. The van der Waals surface area contributed by atoms with Crippen molar-refractivity contribution in [2.24, 2.45) is 5.92 Å². The summed E-state index contributed by atoms with van der Waals surface area (Å²) in [7, 11) is 0. The van der Waals surface area contributed by atoms with Gasteiger partial charge in [0.25, 0.3) is 23.6 Å². The van der Waals surface area contributed by atoms with Gasteiger partial charge in [0.05, 0.1) is 29.4 Å². The van der Waals surface area contributed by atoms with E-state index in [0.717, 1.165) is 108 Å². The van der Waals surface area contributed by atoms with Gasteiger partial charge in [0.2, 0.25) is 0 Å². The molecule has 0 aliphatic carbocycles. The first-order valence-corrected chi connectivity index (χ1v) is 31.1. The van der Waals surface area contributed by atoms with E-state index in [1.54, 1.807) is 39.8 Å². The van der Waals surface area contributed by atoms with E-state index < -0.39 is 35.0 Å². The smallest absolute Gasteiger partial charge is 0.261 e. The van der Waals surface area contributed by atoms with Crippen LogP contribution in [0.3, 0.4) is 0 Å². The number of carbonyl (C=O) groups is 4. The van der Waals surface area contributed by atoms with Crippen LogP contribution in [0.15, 0.2) is 131 Å². The molecule has 1 atom stereocenters. The standard InChI is InChI=1S/C76H66N8O6/c1-7-9-11-13-15-17-35-83-71(85)53-31-29-51-64-56(48-27-21-46(22-28-48)24-34-62-60(44-82)70(50(41-79)42-80)90-76(62,5)6)38-58-66-54(72(86)84(74(58)88)36-18-16-14-12-10-8-2)32-30-52(68(64)66)63-55(37-57(73(83)87)65(53)67(51)63)47-25-19-45(20-26-47)23-33-61-59(43-81)69(49(39-77)40-78)89-75(61,3)4/h19-34,37-38,49,69H,7-18,35-36H2,1-6H3/b33-23+,34-24+. The van der Waals surface area contributed by atoms with E-state index in [4.69, 9.17) is 9.47 Å². The molecule has 4 heterocycles. The Morgan fingerprint density at radius 3 is 1.34 bits per heavy atom. The molecule has 446 valence electrons. The molecule has 4 aliphatic rings. The number of allylic oxidation sites excluding steroid dienone is 2. The second-order valence-corrected chi connectivity index (χ2v) is 24.6. The fourth-order valence-corrected chi connectivity index (χ4v) is 13.6. The van der Waals surface area contributed by atoms with Gasteiger partial charge in [0, 0.05) is 51.7 Å². The summed E-state index contributed by atoms with van der Waals surface area (Å²) in [4.78, 5) is 63.2. The van der Waals surface area contributed by atoms with Crippen molar-refractivity contribution in [2.75, 3.05) is 13.1 Å². The average molecular weight is 1190 g/mol. The second kappa shape index (κ2) is 25.0. The first-order chi connectivity index (χ1) is 43.5. The van der Waals surface area contributed by atoms with Crippen LogP contribution in [0.2, 0.25) is 0 Å². The fraction of sp³-hybridized carbons (Fsp3) is 0.316. The zero-order valence-electron chi connectivity index (χ0n) is 51.5. The van der Waals surface area contributed by atoms with Gasteiger partial charge < -0.3 is 9.47 Å². The minimum absolute atomic E-state index is 0.0601. The number of amides is 4. The van der Waals surface area contributed by atoms with E-state index >= 15 is 9.59 Å². The number of nitriles is 6. The fourth-order valence-electron chi connectivity index (χ4n) is 13.6. The summed E-state index contributed by atoms with van der Waals surface area (Å²) in [5.74, 6) is -2.76. The van der Waals surface area contributed by atoms with Crippen LogP contribution >= 0.6 is 0 Å². The highest BCUT2D eigenvalue weighted by atomic mass is 16.5. The number of rotatable bonds is 21. The van der Waals surface area contributed by atoms with Crippen molar-refractivity contribution in [3.05, 3.63) is 164 Å². The third kappa shape index (κ3) is 10.5. The quantitative estimate of drug-likeness (QED) is 0.0215. The molecule has 0 radical (unpaired) electrons. The molecule has 0 N–H and O–H groups in total. The Bertz CT molecular complexity index is 4600. The van der Waals surface area contributed by atoms with Gasteiger partial charge in [-0.2, -0.15) is 31.6 Å². The summed E-state index contributed by atoms with van der Waals surface area (Å²) in [6.45, 7) is 12.0. The third-order valence-corrected chi connectivity index (χ3v) is 18.2. The van der Waals surface area contributed by atoms with Gasteiger partial charge in [-0.15, -0.1) is 0 Å². The Kier molecular flexibility index (Phi) is 17.0. The lowest BCUT2D eigenvalue weighted by Crippen LogP contribution is -2.41. The molecule has 4 amide bonds. The Balaban J connectivity index is 1.12. The lowest BCUT2D eigenvalue weighted by atomic mass is 9.77. The number of unbranched alkanes of at least 4 members (excludes halogenated alkanes) is 10. The monoisotopic (exact) mass is 1190 g/mol. The molecule has 0 spiro atoms. The number of imide groups is 2. The topological polar surface area (TPSA) is 236 Å². The first-order valence-electron chi connectivity index (χ1n) is 31.1. The molecule has 90 heavy (non-hydrogen) atoms. The lowest BCUT2D eigenvalue weighted by molar-refractivity contribution is -0.0123. The van der Waals surface area contributed by atoms with Gasteiger partial charge in [-0.25, -0.2) is 0 Å². The zero-order chi connectivity index (χ0) is 63.8. The Hall–Kier alpha value is -10.5. The SMILES string of the molecule is CCCCCCCCN1C(=O)c2ccc3c4c(-c5ccc(/C=C/C6=C(C#N)C(C(C#N)C#N)OC6(C)C)cc5)cc5c6c(ccc(c7c(-c8ccc(/C=C/C9=C(C#N)C(=C(C#N)C#N)OC9(C)C)cc8)cc(c2c37)C1=O)c64)C(=O)N(CCCCCCCC)C5=O. The number of nitrogens with zero attached hydrogens (tertiary/aromatic N) is 8. The maximum atomic E-state index is 15.3. The van der Waals surface area contributed by atoms with E-state index in [2.05, 4.69) is 26.0 Å². The number of ether oxygens (including phenoxy) is 2. The number of benzene rings is 7. The average Bonchev–Trinajstić information content (AvgIpc) is 0.849. The molecule has 0 saturated carbocycles. The van der Waals surface area contributed by atoms with Crippen LogP contribution in [0.1, 0.15) is 171 Å². The van der Waals surface area contributed by atoms with E-state index in [-0.39, 0.29) is 47.4 Å². The molecular weight excluding hydrogens is 1120 g/mol. The van der Waals surface area contributed by atoms with Crippen LogP contribution < -0.4 is 0 Å². The summed E-state index contributed by atoms with van der Waals surface area (Å²) in [5.41, 5.74) is 5.01. The van der Waals surface area contributed by atoms with Crippen LogP contribution in [0.5, 0.6) is 0 Å². The molecule has 7 aromatic rings. The van der Waals surface area contributed by atoms with Crippen molar-refractivity contribution in [3.63, 3.8) is 0 Å². The maximum absolute atomic E-state index is 15.3. The van der Waals surface area contributed by atoms with E-state index in [9.17, 15) is 41.2 Å². The van der Waals surface area contributed by atoms with Gasteiger partial charge in [0.15, 0.2) is 17.3 Å². The largest absolute Gasteiger partial charge is 0.480 e. The van der Waals surface area contributed by atoms with E-state index in [1.807, 2.05) is 121 Å². The molecule has 14 heteroatoms. The molecule has 0 aromatic heterocycles.